The molecule has 0 heterocycles. The van der Waals surface area contributed by atoms with Gasteiger partial charge in [0.2, 0.25) is 0 Å². The van der Waals surface area contributed by atoms with Crippen LogP contribution < -0.4 is 25.9 Å². The van der Waals surface area contributed by atoms with Crippen LogP contribution in [0.2, 0.25) is 0 Å². The molecule has 0 fully saturated rings. The Balaban J connectivity index is 2.09. The van der Waals surface area contributed by atoms with E-state index in [4.69, 9.17) is 27.4 Å². The topological polar surface area (TPSA) is 98.0 Å². The van der Waals surface area contributed by atoms with Gasteiger partial charge in [0.25, 0.3) is 5.91 Å². The number of amides is 1. The summed E-state index contributed by atoms with van der Waals surface area (Å²) in [5, 5.41) is 6.78. The lowest BCUT2D eigenvalue weighted by atomic mass is 10.2. The largest absolute Gasteiger partial charge is 0.490 e. The highest BCUT2D eigenvalue weighted by Crippen LogP contribution is 2.34. The summed E-state index contributed by atoms with van der Waals surface area (Å²) < 4.78 is 12.1. The van der Waals surface area contributed by atoms with Crippen LogP contribution in [0.4, 0.5) is 5.69 Å². The highest BCUT2D eigenvalue weighted by atomic mass is 127. The molecule has 2 rings (SSSR count). The Morgan fingerprint density at radius 2 is 2.04 bits per heavy atom. The molecule has 142 valence electrons. The van der Waals surface area contributed by atoms with E-state index < -0.39 is 0 Å². The smallest absolute Gasteiger partial charge is 0.262 e. The fraction of sp³-hybridized carbons (Fsp3) is 0.167. The molecule has 0 aliphatic carbocycles. The molecule has 0 unspecified atom stereocenters. The number of halogens is 1. The quantitative estimate of drug-likeness (QED) is 0.224. The van der Waals surface area contributed by atoms with E-state index in [9.17, 15) is 4.79 Å². The Bertz CT molecular complexity index is 831. The standard InChI is InChI=1S/C18H19IN4O3S/c1-2-25-15-9-12(10-21-23-18(20)27)8-14(19)17(15)26-11-16(24)22-13-6-4-3-5-7-13/h3-10H,2,11H2,1H3,(H,22,24)(H3,20,23,27). The number of hydrazone groups is 1. The number of thiocarbonyl (C=S) groups is 1. The Morgan fingerprint density at radius 3 is 2.70 bits per heavy atom. The number of hydrogen-bond acceptors (Lipinski definition) is 5. The number of rotatable bonds is 8. The van der Waals surface area contributed by atoms with Gasteiger partial charge in [-0.05, 0) is 71.6 Å². The van der Waals surface area contributed by atoms with E-state index in [1.807, 2.05) is 43.3 Å². The predicted molar refractivity (Wildman–Crippen MR) is 118 cm³/mol. The van der Waals surface area contributed by atoms with Crippen molar-refractivity contribution in [2.45, 2.75) is 6.92 Å². The summed E-state index contributed by atoms with van der Waals surface area (Å²) in [5.74, 6) is 0.763. The third-order valence-electron chi connectivity index (χ3n) is 3.13. The molecular weight excluding hydrogens is 479 g/mol. The van der Waals surface area contributed by atoms with Gasteiger partial charge in [-0.3, -0.25) is 10.2 Å². The number of carbonyl (C=O) groups excluding carboxylic acids is 1. The number of anilines is 1. The fourth-order valence-electron chi connectivity index (χ4n) is 2.09. The highest BCUT2D eigenvalue weighted by Gasteiger charge is 2.14. The van der Waals surface area contributed by atoms with Crippen molar-refractivity contribution >= 4 is 57.7 Å². The van der Waals surface area contributed by atoms with Crippen molar-refractivity contribution in [3.63, 3.8) is 0 Å². The summed E-state index contributed by atoms with van der Waals surface area (Å²) >= 11 is 6.82. The minimum Gasteiger partial charge on any atom is -0.490 e. The molecule has 0 saturated heterocycles. The molecule has 0 aliphatic heterocycles. The maximum Gasteiger partial charge on any atom is 0.262 e. The second kappa shape index (κ2) is 10.7. The van der Waals surface area contributed by atoms with Gasteiger partial charge in [0.15, 0.2) is 23.2 Å². The summed E-state index contributed by atoms with van der Waals surface area (Å²) in [6.45, 7) is 2.18. The van der Waals surface area contributed by atoms with E-state index in [-0.39, 0.29) is 17.6 Å². The summed E-state index contributed by atoms with van der Waals surface area (Å²) in [6, 6.07) is 12.8. The monoisotopic (exact) mass is 498 g/mol. The number of benzene rings is 2. The molecule has 27 heavy (non-hydrogen) atoms. The average molecular weight is 498 g/mol. The van der Waals surface area contributed by atoms with E-state index in [0.29, 0.717) is 23.8 Å². The Morgan fingerprint density at radius 1 is 1.30 bits per heavy atom. The Hall–Kier alpha value is -2.40. The van der Waals surface area contributed by atoms with Crippen molar-refractivity contribution in [2.75, 3.05) is 18.5 Å². The molecule has 0 spiro atoms. The van der Waals surface area contributed by atoms with Crippen molar-refractivity contribution < 1.29 is 14.3 Å². The molecule has 0 bridgehead atoms. The van der Waals surface area contributed by atoms with E-state index in [1.54, 1.807) is 12.3 Å². The van der Waals surface area contributed by atoms with Gasteiger partial charge in [-0.15, -0.1) is 0 Å². The van der Waals surface area contributed by atoms with Gasteiger partial charge in [-0.2, -0.15) is 5.10 Å². The summed E-state index contributed by atoms with van der Waals surface area (Å²) in [7, 11) is 0. The van der Waals surface area contributed by atoms with E-state index in [2.05, 4.69) is 38.4 Å². The molecule has 1 amide bonds. The molecule has 2 aromatic rings. The molecule has 0 atom stereocenters. The highest BCUT2D eigenvalue weighted by molar-refractivity contribution is 14.1. The zero-order valence-electron chi connectivity index (χ0n) is 14.6. The van der Waals surface area contributed by atoms with Crippen molar-refractivity contribution in [3.05, 3.63) is 51.6 Å². The number of nitrogens with one attached hydrogen (secondary N) is 2. The lowest BCUT2D eigenvalue weighted by Crippen LogP contribution is -2.24. The van der Waals surface area contributed by atoms with Crippen molar-refractivity contribution in [1.82, 2.24) is 5.43 Å². The number of nitrogens with two attached hydrogens (primary N) is 1. The molecule has 4 N–H and O–H groups in total. The lowest BCUT2D eigenvalue weighted by Gasteiger charge is -2.14. The number of hydrogen-bond donors (Lipinski definition) is 3. The zero-order chi connectivity index (χ0) is 19.6. The number of para-hydroxylation sites is 1. The van der Waals surface area contributed by atoms with Crippen LogP contribution in [0.1, 0.15) is 12.5 Å². The third kappa shape index (κ3) is 7.02. The first-order valence-corrected chi connectivity index (χ1v) is 9.51. The van der Waals surface area contributed by atoms with E-state index in [0.717, 1.165) is 9.13 Å². The van der Waals surface area contributed by atoms with Crippen LogP contribution in [0, 0.1) is 3.57 Å². The molecule has 0 aromatic heterocycles. The van der Waals surface area contributed by atoms with Crippen molar-refractivity contribution in [1.29, 1.82) is 0 Å². The molecule has 9 heteroatoms. The van der Waals surface area contributed by atoms with Crippen molar-refractivity contribution in [3.8, 4) is 11.5 Å². The first kappa shape index (κ1) is 20.9. The lowest BCUT2D eigenvalue weighted by molar-refractivity contribution is -0.118. The third-order valence-corrected chi connectivity index (χ3v) is 4.02. The van der Waals surface area contributed by atoms with Crippen molar-refractivity contribution in [2.24, 2.45) is 10.8 Å². The minimum absolute atomic E-state index is 0.0790. The van der Waals surface area contributed by atoms with Gasteiger partial charge >= 0.3 is 0 Å². The average Bonchev–Trinajstić information content (AvgIpc) is 2.62. The second-order valence-corrected chi connectivity index (χ2v) is 6.80. The molecule has 7 nitrogen and oxygen atoms in total. The van der Waals surface area contributed by atoms with E-state index in [1.165, 1.54) is 0 Å². The van der Waals surface area contributed by atoms with Crippen LogP contribution >= 0.6 is 34.8 Å². The maximum absolute atomic E-state index is 12.1. The van der Waals surface area contributed by atoms with Gasteiger partial charge in [0, 0.05) is 5.69 Å². The fourth-order valence-corrected chi connectivity index (χ4v) is 2.93. The van der Waals surface area contributed by atoms with Crippen LogP contribution in [0.3, 0.4) is 0 Å². The molecule has 0 saturated carbocycles. The molecular formula is C18H19IN4O3S. The van der Waals surface area contributed by atoms with Crippen LogP contribution in [0.5, 0.6) is 11.5 Å². The summed E-state index contributed by atoms with van der Waals surface area (Å²) in [5.41, 5.74) is 9.31. The molecule has 2 aromatic carbocycles. The van der Waals surface area contributed by atoms with Crippen LogP contribution in [-0.2, 0) is 4.79 Å². The number of carbonyl (C=O) groups is 1. The number of nitrogens with zero attached hydrogens (tertiary/aromatic N) is 1. The number of ether oxygens (including phenoxy) is 2. The minimum atomic E-state index is -0.259. The zero-order valence-corrected chi connectivity index (χ0v) is 17.5. The first-order valence-electron chi connectivity index (χ1n) is 8.02. The van der Waals surface area contributed by atoms with Crippen LogP contribution in [0.15, 0.2) is 47.6 Å². The van der Waals surface area contributed by atoms with E-state index >= 15 is 0 Å². The predicted octanol–water partition coefficient (Wildman–Crippen LogP) is 2.87. The molecule has 0 radical (unpaired) electrons. The van der Waals surface area contributed by atoms with Gasteiger partial charge in [0.05, 0.1) is 16.4 Å². The van der Waals surface area contributed by atoms with Crippen LogP contribution in [-0.4, -0.2) is 30.4 Å². The van der Waals surface area contributed by atoms with Crippen LogP contribution in [0.25, 0.3) is 0 Å². The SMILES string of the molecule is CCOc1cc(C=NNC(N)=S)cc(I)c1OCC(=O)Nc1ccccc1. The Kier molecular flexibility index (Phi) is 8.27. The normalized spacial score (nSPS) is 10.4. The maximum atomic E-state index is 12.1. The first-order chi connectivity index (χ1) is 13.0. The molecule has 0 aliphatic rings. The van der Waals surface area contributed by atoms with Gasteiger partial charge in [0.1, 0.15) is 0 Å². The Labute approximate surface area is 176 Å². The second-order valence-electron chi connectivity index (χ2n) is 5.20. The summed E-state index contributed by atoms with van der Waals surface area (Å²) in [4.78, 5) is 12.1. The summed E-state index contributed by atoms with van der Waals surface area (Å²) in [6.07, 6.45) is 1.57. The van der Waals surface area contributed by atoms with Gasteiger partial charge in [-0.1, -0.05) is 18.2 Å². The van der Waals surface area contributed by atoms with Gasteiger partial charge < -0.3 is 20.5 Å². The van der Waals surface area contributed by atoms with Gasteiger partial charge in [-0.25, -0.2) is 0 Å².